The van der Waals surface area contributed by atoms with Gasteiger partial charge in [-0.05, 0) is 43.3 Å². The molecule has 6 nitrogen and oxygen atoms in total. The monoisotopic (exact) mass is 386 g/mol. The number of carbonyl (C=O) groups excluding carboxylic acids is 2. The molecule has 0 atom stereocenters. The molecule has 3 N–H and O–H groups in total. The number of hydrogen-bond acceptors (Lipinski definition) is 4. The Labute approximate surface area is 146 Å². The van der Waals surface area contributed by atoms with Crippen molar-refractivity contribution in [2.45, 2.75) is 17.6 Å². The summed E-state index contributed by atoms with van der Waals surface area (Å²) in [5, 5.41) is 2.36. The lowest BCUT2D eigenvalue weighted by Crippen LogP contribution is -2.17. The van der Waals surface area contributed by atoms with E-state index in [0.29, 0.717) is 0 Å². The number of nitrogens with one attached hydrogen (secondary N) is 1. The first-order chi connectivity index (χ1) is 12.0. The maximum Gasteiger partial charge on any atom is 0.341 e. The number of hydrogen-bond donors (Lipinski definition) is 2. The highest BCUT2D eigenvalue weighted by atomic mass is 32.2. The minimum Gasteiger partial charge on any atom is -0.366 e. The predicted molar refractivity (Wildman–Crippen MR) is 87.2 cm³/mol. The lowest BCUT2D eigenvalue weighted by atomic mass is 10.1. The molecule has 2 aromatic rings. The maximum atomic E-state index is 13.8. The van der Waals surface area contributed by atoms with E-state index in [0.717, 1.165) is 30.3 Å². The third-order valence-corrected chi connectivity index (χ3v) is 4.95. The van der Waals surface area contributed by atoms with E-state index in [9.17, 15) is 31.2 Å². The zero-order valence-electron chi connectivity index (χ0n) is 13.3. The van der Waals surface area contributed by atoms with Crippen molar-refractivity contribution in [3.63, 3.8) is 0 Å². The van der Waals surface area contributed by atoms with Gasteiger partial charge in [0.2, 0.25) is 15.7 Å². The van der Waals surface area contributed by atoms with Gasteiger partial charge in [-0.1, -0.05) is 0 Å². The molecule has 0 unspecified atom stereocenters. The highest BCUT2D eigenvalue weighted by Gasteiger charge is 2.26. The van der Waals surface area contributed by atoms with Crippen LogP contribution in [0.15, 0.2) is 41.3 Å². The average Bonchev–Trinajstić information content (AvgIpc) is 2.58. The molecule has 0 bridgehead atoms. The number of primary amides is 1. The summed E-state index contributed by atoms with van der Waals surface area (Å²) < 4.78 is 61.5. The van der Waals surface area contributed by atoms with Crippen LogP contribution < -0.4 is 11.1 Å². The molecule has 26 heavy (non-hydrogen) atoms. The normalized spacial score (nSPS) is 11.4. The van der Waals surface area contributed by atoms with Crippen LogP contribution in [-0.4, -0.2) is 26.0 Å². The largest absolute Gasteiger partial charge is 0.366 e. The SMILES string of the molecule is Cc1c(F)cc(C(N)=O)cc1NC(=O)c1ccc(S(=O)(=O)C(F)F)cc1. The van der Waals surface area contributed by atoms with E-state index < -0.39 is 38.1 Å². The van der Waals surface area contributed by atoms with Crippen LogP contribution in [0.4, 0.5) is 18.9 Å². The fourth-order valence-electron chi connectivity index (χ4n) is 2.04. The van der Waals surface area contributed by atoms with E-state index in [2.05, 4.69) is 5.32 Å². The van der Waals surface area contributed by atoms with Crippen molar-refractivity contribution in [2.75, 3.05) is 5.32 Å². The van der Waals surface area contributed by atoms with Gasteiger partial charge in [0.15, 0.2) is 0 Å². The molecule has 2 amide bonds. The molecule has 0 saturated carbocycles. The van der Waals surface area contributed by atoms with Crippen LogP contribution >= 0.6 is 0 Å². The average molecular weight is 386 g/mol. The Balaban J connectivity index is 2.30. The summed E-state index contributed by atoms with van der Waals surface area (Å²) in [6, 6.07) is 5.92. The van der Waals surface area contributed by atoms with Crippen molar-refractivity contribution in [1.82, 2.24) is 0 Å². The van der Waals surface area contributed by atoms with Gasteiger partial charge in [0.1, 0.15) is 5.82 Å². The van der Waals surface area contributed by atoms with E-state index in [4.69, 9.17) is 5.73 Å². The number of sulfone groups is 1. The quantitative estimate of drug-likeness (QED) is 0.823. The second-order valence-corrected chi connectivity index (χ2v) is 7.20. The summed E-state index contributed by atoms with van der Waals surface area (Å²) in [6.07, 6.45) is 0. The van der Waals surface area contributed by atoms with Gasteiger partial charge in [0.05, 0.1) is 4.90 Å². The summed E-state index contributed by atoms with van der Waals surface area (Å²) in [5.74, 6) is -5.98. The van der Waals surface area contributed by atoms with Crippen LogP contribution in [0.1, 0.15) is 26.3 Å². The second kappa shape index (κ2) is 7.16. The number of carbonyl (C=O) groups is 2. The van der Waals surface area contributed by atoms with Crippen molar-refractivity contribution in [2.24, 2.45) is 5.73 Å². The molecule has 0 aromatic heterocycles. The molecule has 0 saturated heterocycles. The van der Waals surface area contributed by atoms with E-state index in [-0.39, 0.29) is 22.4 Å². The molecule has 0 heterocycles. The predicted octanol–water partition coefficient (Wildman–Crippen LogP) is 2.48. The van der Waals surface area contributed by atoms with Gasteiger partial charge in [-0.15, -0.1) is 0 Å². The fraction of sp³-hybridized carbons (Fsp3) is 0.125. The summed E-state index contributed by atoms with van der Waals surface area (Å²) in [6.45, 7) is 1.37. The number of nitrogens with two attached hydrogens (primary N) is 1. The molecule has 2 aromatic carbocycles. The molecular weight excluding hydrogens is 373 g/mol. The van der Waals surface area contributed by atoms with Gasteiger partial charge in [0.25, 0.3) is 5.91 Å². The van der Waals surface area contributed by atoms with Gasteiger partial charge in [-0.2, -0.15) is 8.78 Å². The number of rotatable bonds is 5. The molecule has 0 radical (unpaired) electrons. The molecule has 10 heteroatoms. The molecule has 0 fully saturated rings. The van der Waals surface area contributed by atoms with Crippen molar-refractivity contribution < 1.29 is 31.2 Å². The van der Waals surface area contributed by atoms with E-state index in [1.807, 2.05) is 0 Å². The van der Waals surface area contributed by atoms with Crippen LogP contribution in [-0.2, 0) is 9.84 Å². The first-order valence-corrected chi connectivity index (χ1v) is 8.62. The highest BCUT2D eigenvalue weighted by molar-refractivity contribution is 7.91. The molecule has 0 aliphatic carbocycles. The van der Waals surface area contributed by atoms with E-state index in [1.54, 1.807) is 0 Å². The standard InChI is InChI=1S/C16H13F3N2O4S/c1-8-12(17)6-10(14(20)22)7-13(8)21-15(23)9-2-4-11(5-3-9)26(24,25)16(18)19/h2-7,16H,1H3,(H2,20,22)(H,21,23). The van der Waals surface area contributed by atoms with Gasteiger partial charge in [0, 0.05) is 22.4 Å². The lowest BCUT2D eigenvalue weighted by molar-refractivity contribution is 0.0995. The van der Waals surface area contributed by atoms with Crippen LogP contribution in [0.3, 0.4) is 0 Å². The smallest absolute Gasteiger partial charge is 0.341 e. The number of anilines is 1. The molecule has 138 valence electrons. The van der Waals surface area contributed by atoms with Crippen molar-refractivity contribution in [3.05, 3.63) is 58.9 Å². The number of halogens is 3. The Hall–Kier alpha value is -2.88. The Morgan fingerprint density at radius 1 is 1.08 bits per heavy atom. The molecular formula is C16H13F3N2O4S. The summed E-state index contributed by atoms with van der Waals surface area (Å²) >= 11 is 0. The first kappa shape index (κ1) is 19.4. The van der Waals surface area contributed by atoms with Gasteiger partial charge in [-0.3, -0.25) is 9.59 Å². The van der Waals surface area contributed by atoms with Gasteiger partial charge >= 0.3 is 5.76 Å². The summed E-state index contributed by atoms with van der Waals surface area (Å²) in [4.78, 5) is 22.8. The summed E-state index contributed by atoms with van der Waals surface area (Å²) in [5.41, 5.74) is 4.93. The zero-order valence-corrected chi connectivity index (χ0v) is 14.1. The molecule has 0 aliphatic heterocycles. The Morgan fingerprint density at radius 3 is 2.15 bits per heavy atom. The Kier molecular flexibility index (Phi) is 5.36. The maximum absolute atomic E-state index is 13.8. The highest BCUT2D eigenvalue weighted by Crippen LogP contribution is 2.22. The van der Waals surface area contributed by atoms with Crippen LogP contribution in [0.2, 0.25) is 0 Å². The minimum absolute atomic E-state index is 0.00641. The minimum atomic E-state index is -4.77. The topological polar surface area (TPSA) is 106 Å². The number of amides is 2. The fourth-order valence-corrected chi connectivity index (χ4v) is 2.77. The lowest BCUT2D eigenvalue weighted by Gasteiger charge is -2.11. The first-order valence-electron chi connectivity index (χ1n) is 7.07. The molecule has 0 aliphatic rings. The van der Waals surface area contributed by atoms with Gasteiger partial charge < -0.3 is 11.1 Å². The van der Waals surface area contributed by atoms with Crippen molar-refractivity contribution in [3.8, 4) is 0 Å². The second-order valence-electron chi connectivity index (χ2n) is 5.28. The van der Waals surface area contributed by atoms with Crippen molar-refractivity contribution in [1.29, 1.82) is 0 Å². The third kappa shape index (κ3) is 3.85. The molecule has 0 spiro atoms. The zero-order chi connectivity index (χ0) is 19.6. The summed E-state index contributed by atoms with van der Waals surface area (Å²) in [7, 11) is -4.77. The number of benzene rings is 2. The number of alkyl halides is 2. The molecule has 2 rings (SSSR count). The Bertz CT molecular complexity index is 974. The van der Waals surface area contributed by atoms with E-state index >= 15 is 0 Å². The Morgan fingerprint density at radius 2 is 1.65 bits per heavy atom. The van der Waals surface area contributed by atoms with Crippen LogP contribution in [0.25, 0.3) is 0 Å². The van der Waals surface area contributed by atoms with Gasteiger partial charge in [-0.25, -0.2) is 12.8 Å². The van der Waals surface area contributed by atoms with Crippen LogP contribution in [0.5, 0.6) is 0 Å². The van der Waals surface area contributed by atoms with Crippen molar-refractivity contribution >= 4 is 27.3 Å². The third-order valence-electron chi connectivity index (χ3n) is 3.56. The van der Waals surface area contributed by atoms with Crippen LogP contribution in [0, 0.1) is 12.7 Å². The van der Waals surface area contributed by atoms with E-state index in [1.165, 1.54) is 13.0 Å².